The molecule has 2 aromatic carbocycles. The summed E-state index contributed by atoms with van der Waals surface area (Å²) in [6, 6.07) is 16.2. The number of anilines is 1. The van der Waals surface area contributed by atoms with Crippen molar-refractivity contribution in [1.82, 2.24) is 0 Å². The third-order valence-corrected chi connectivity index (χ3v) is 3.74. The van der Waals surface area contributed by atoms with Gasteiger partial charge < -0.3 is 19.5 Å². The second kappa shape index (κ2) is 9.83. The van der Waals surface area contributed by atoms with Crippen molar-refractivity contribution in [2.75, 3.05) is 25.6 Å². The molecule has 0 radical (unpaired) electrons. The first-order chi connectivity index (χ1) is 11.7. The first-order valence-electron chi connectivity index (χ1n) is 8.42. The molecule has 4 heteroatoms. The minimum absolute atomic E-state index is 0.244. The fourth-order valence-electron chi connectivity index (χ4n) is 2.12. The van der Waals surface area contributed by atoms with Crippen molar-refractivity contribution in [3.05, 3.63) is 54.1 Å². The summed E-state index contributed by atoms with van der Waals surface area (Å²) in [5, 5.41) is 3.41. The second-order valence-electron chi connectivity index (χ2n) is 5.70. The number of ether oxygens (including phenoxy) is 3. The van der Waals surface area contributed by atoms with Crippen LogP contribution in [0.4, 0.5) is 5.69 Å². The molecule has 4 nitrogen and oxygen atoms in total. The summed E-state index contributed by atoms with van der Waals surface area (Å²) in [5.41, 5.74) is 2.28. The molecular weight excluding hydrogens is 302 g/mol. The van der Waals surface area contributed by atoms with Crippen LogP contribution in [0.25, 0.3) is 0 Å². The average molecular weight is 329 g/mol. The second-order valence-corrected chi connectivity index (χ2v) is 5.70. The van der Waals surface area contributed by atoms with Crippen LogP contribution in [0.15, 0.2) is 48.5 Å². The van der Waals surface area contributed by atoms with Gasteiger partial charge in [0.2, 0.25) is 0 Å². The van der Waals surface area contributed by atoms with Gasteiger partial charge in [0, 0.05) is 19.3 Å². The van der Waals surface area contributed by atoms with E-state index in [0.717, 1.165) is 30.2 Å². The highest BCUT2D eigenvalue weighted by Crippen LogP contribution is 2.19. The Balaban J connectivity index is 1.80. The van der Waals surface area contributed by atoms with Crippen LogP contribution in [0, 0.1) is 0 Å². The Hall–Kier alpha value is -2.20. The highest BCUT2D eigenvalue weighted by atomic mass is 16.5. The van der Waals surface area contributed by atoms with Gasteiger partial charge in [-0.3, -0.25) is 0 Å². The third kappa shape index (κ3) is 6.13. The number of rotatable bonds is 10. The molecule has 1 atom stereocenters. The Bertz CT molecular complexity index is 581. The molecule has 0 fully saturated rings. The van der Waals surface area contributed by atoms with Crippen molar-refractivity contribution < 1.29 is 14.2 Å². The maximum Gasteiger partial charge on any atom is 0.119 e. The summed E-state index contributed by atoms with van der Waals surface area (Å²) in [6.45, 7) is 6.13. The van der Waals surface area contributed by atoms with Crippen LogP contribution in [0.3, 0.4) is 0 Å². The largest absolute Gasteiger partial charge is 0.491 e. The molecular formula is C20H27NO3. The van der Waals surface area contributed by atoms with E-state index in [2.05, 4.69) is 31.3 Å². The van der Waals surface area contributed by atoms with Crippen molar-refractivity contribution >= 4 is 5.69 Å². The standard InChI is InChI=1S/C20H27NO3/c1-4-16(2)24-20-11-7-18(8-12-20)21-15-17-5-9-19(10-6-17)23-14-13-22-3/h5-12,16,21H,4,13-15H2,1-3H3. The number of nitrogens with one attached hydrogen (secondary N) is 1. The lowest BCUT2D eigenvalue weighted by molar-refractivity contribution is 0.146. The maximum absolute atomic E-state index is 5.78. The van der Waals surface area contributed by atoms with E-state index in [0.29, 0.717) is 13.2 Å². The van der Waals surface area contributed by atoms with Crippen molar-refractivity contribution in [3.8, 4) is 11.5 Å². The number of methoxy groups -OCH3 is 1. The lowest BCUT2D eigenvalue weighted by Gasteiger charge is -2.13. The van der Waals surface area contributed by atoms with Gasteiger partial charge in [-0.25, -0.2) is 0 Å². The average Bonchev–Trinajstić information content (AvgIpc) is 2.62. The zero-order chi connectivity index (χ0) is 17.2. The highest BCUT2D eigenvalue weighted by Gasteiger charge is 2.01. The zero-order valence-electron chi connectivity index (χ0n) is 14.7. The first kappa shape index (κ1) is 18.1. The Kier molecular flexibility index (Phi) is 7.43. The molecule has 2 rings (SSSR count). The van der Waals surface area contributed by atoms with Crippen LogP contribution in [-0.4, -0.2) is 26.4 Å². The van der Waals surface area contributed by atoms with Gasteiger partial charge in [0.25, 0.3) is 0 Å². The Morgan fingerprint density at radius 2 is 1.58 bits per heavy atom. The number of hydrogen-bond donors (Lipinski definition) is 1. The predicted molar refractivity (Wildman–Crippen MR) is 98.0 cm³/mol. The minimum atomic E-state index is 0.244. The van der Waals surface area contributed by atoms with Crippen molar-refractivity contribution in [2.45, 2.75) is 32.9 Å². The fourth-order valence-corrected chi connectivity index (χ4v) is 2.12. The lowest BCUT2D eigenvalue weighted by Crippen LogP contribution is -2.09. The van der Waals surface area contributed by atoms with E-state index in [1.807, 2.05) is 36.4 Å². The van der Waals surface area contributed by atoms with Crippen molar-refractivity contribution in [3.63, 3.8) is 0 Å². The number of hydrogen-bond acceptors (Lipinski definition) is 4. The Morgan fingerprint density at radius 1 is 0.917 bits per heavy atom. The van der Waals surface area contributed by atoms with Crippen LogP contribution >= 0.6 is 0 Å². The van der Waals surface area contributed by atoms with Gasteiger partial charge >= 0.3 is 0 Å². The van der Waals surface area contributed by atoms with Crippen LogP contribution in [0.2, 0.25) is 0 Å². The molecule has 1 unspecified atom stereocenters. The normalized spacial score (nSPS) is 11.8. The van der Waals surface area contributed by atoms with Crippen LogP contribution in [0.1, 0.15) is 25.8 Å². The summed E-state index contributed by atoms with van der Waals surface area (Å²) in [5.74, 6) is 1.77. The van der Waals surface area contributed by atoms with Gasteiger partial charge in [-0.15, -0.1) is 0 Å². The van der Waals surface area contributed by atoms with E-state index in [1.165, 1.54) is 5.56 Å². The topological polar surface area (TPSA) is 39.7 Å². The quantitative estimate of drug-likeness (QED) is 0.651. The van der Waals surface area contributed by atoms with E-state index >= 15 is 0 Å². The van der Waals surface area contributed by atoms with Crippen LogP contribution in [-0.2, 0) is 11.3 Å². The van der Waals surface area contributed by atoms with Crippen molar-refractivity contribution in [2.24, 2.45) is 0 Å². The van der Waals surface area contributed by atoms with Gasteiger partial charge in [0.15, 0.2) is 0 Å². The molecule has 0 spiro atoms. The summed E-state index contributed by atoms with van der Waals surface area (Å²) >= 11 is 0. The molecule has 1 N–H and O–H groups in total. The monoisotopic (exact) mass is 329 g/mol. The first-order valence-corrected chi connectivity index (χ1v) is 8.42. The highest BCUT2D eigenvalue weighted by molar-refractivity contribution is 5.47. The fraction of sp³-hybridized carbons (Fsp3) is 0.400. The minimum Gasteiger partial charge on any atom is -0.491 e. The van der Waals surface area contributed by atoms with Crippen molar-refractivity contribution in [1.29, 1.82) is 0 Å². The molecule has 24 heavy (non-hydrogen) atoms. The Labute approximate surface area is 144 Å². The number of benzene rings is 2. The molecule has 0 heterocycles. The molecule has 0 saturated heterocycles. The lowest BCUT2D eigenvalue weighted by atomic mass is 10.2. The molecule has 0 aromatic heterocycles. The maximum atomic E-state index is 5.78. The smallest absolute Gasteiger partial charge is 0.119 e. The summed E-state index contributed by atoms with van der Waals surface area (Å²) in [4.78, 5) is 0. The van der Waals surface area contributed by atoms with Gasteiger partial charge in [0.1, 0.15) is 18.1 Å². The van der Waals surface area contributed by atoms with Crippen LogP contribution < -0.4 is 14.8 Å². The van der Waals surface area contributed by atoms with E-state index in [-0.39, 0.29) is 6.10 Å². The molecule has 0 aliphatic heterocycles. The molecule has 130 valence electrons. The molecule has 0 aliphatic carbocycles. The van der Waals surface area contributed by atoms with E-state index in [1.54, 1.807) is 7.11 Å². The molecule has 2 aromatic rings. The Morgan fingerprint density at radius 3 is 2.21 bits per heavy atom. The van der Waals surface area contributed by atoms with E-state index in [4.69, 9.17) is 14.2 Å². The molecule has 0 aliphatic rings. The summed E-state index contributed by atoms with van der Waals surface area (Å²) < 4.78 is 16.3. The SMILES string of the molecule is CCC(C)Oc1ccc(NCc2ccc(OCCOC)cc2)cc1. The summed E-state index contributed by atoms with van der Waals surface area (Å²) in [7, 11) is 1.67. The van der Waals surface area contributed by atoms with Gasteiger partial charge in [-0.05, 0) is 55.3 Å². The third-order valence-electron chi connectivity index (χ3n) is 3.74. The van der Waals surface area contributed by atoms with E-state index < -0.39 is 0 Å². The zero-order valence-corrected chi connectivity index (χ0v) is 14.7. The molecule has 0 bridgehead atoms. The molecule has 0 amide bonds. The van der Waals surface area contributed by atoms with Crippen LogP contribution in [0.5, 0.6) is 11.5 Å². The summed E-state index contributed by atoms with van der Waals surface area (Å²) in [6.07, 6.45) is 1.25. The molecule has 0 saturated carbocycles. The van der Waals surface area contributed by atoms with Gasteiger partial charge in [-0.2, -0.15) is 0 Å². The van der Waals surface area contributed by atoms with E-state index in [9.17, 15) is 0 Å². The van der Waals surface area contributed by atoms with Gasteiger partial charge in [0.05, 0.1) is 12.7 Å². The van der Waals surface area contributed by atoms with Gasteiger partial charge in [-0.1, -0.05) is 19.1 Å². The predicted octanol–water partition coefficient (Wildman–Crippen LogP) is 4.50.